The van der Waals surface area contributed by atoms with Crippen LogP contribution < -0.4 is 5.32 Å². The highest BCUT2D eigenvalue weighted by atomic mass is 16.6. The smallest absolute Gasteiger partial charge is 0.269 e. The normalized spacial score (nSPS) is 13.8. The predicted molar refractivity (Wildman–Crippen MR) is 92.9 cm³/mol. The van der Waals surface area contributed by atoms with Gasteiger partial charge in [0.25, 0.3) is 5.69 Å². The molecule has 0 saturated carbocycles. The van der Waals surface area contributed by atoms with Gasteiger partial charge >= 0.3 is 0 Å². The van der Waals surface area contributed by atoms with Gasteiger partial charge in [-0.2, -0.15) is 4.98 Å². The van der Waals surface area contributed by atoms with Crippen LogP contribution in [0.4, 0.5) is 5.69 Å². The third kappa shape index (κ3) is 5.07. The Morgan fingerprint density at radius 3 is 2.56 bits per heavy atom. The van der Waals surface area contributed by atoms with E-state index in [1.54, 1.807) is 12.1 Å². The van der Waals surface area contributed by atoms with Gasteiger partial charge in [-0.3, -0.25) is 10.1 Å². The number of aliphatic hydroxyl groups is 1. The maximum absolute atomic E-state index is 10.7. The van der Waals surface area contributed by atoms with E-state index >= 15 is 0 Å². The average Bonchev–Trinajstić information content (AvgIpc) is 3.04. The van der Waals surface area contributed by atoms with Crippen molar-refractivity contribution in [2.75, 3.05) is 6.54 Å². The van der Waals surface area contributed by atoms with Crippen LogP contribution in [0.2, 0.25) is 0 Å². The van der Waals surface area contributed by atoms with Gasteiger partial charge in [-0.1, -0.05) is 32.3 Å². The van der Waals surface area contributed by atoms with Crippen LogP contribution in [0.3, 0.4) is 0 Å². The van der Waals surface area contributed by atoms with Crippen LogP contribution in [0.25, 0.3) is 11.4 Å². The number of aliphatic hydroxyl groups excluding tert-OH is 1. The molecule has 2 rings (SSSR count). The summed E-state index contributed by atoms with van der Waals surface area (Å²) in [5.41, 5.74) is 0.660. The molecule has 2 atom stereocenters. The highest BCUT2D eigenvalue weighted by Gasteiger charge is 2.23. The fourth-order valence-electron chi connectivity index (χ4n) is 2.52. The van der Waals surface area contributed by atoms with Crippen molar-refractivity contribution >= 4 is 5.69 Å². The maximum Gasteiger partial charge on any atom is 0.269 e. The fourth-order valence-corrected chi connectivity index (χ4v) is 2.52. The molecule has 0 aliphatic heterocycles. The molecule has 0 aliphatic carbocycles. The van der Waals surface area contributed by atoms with E-state index in [-0.39, 0.29) is 17.6 Å². The summed E-state index contributed by atoms with van der Waals surface area (Å²) in [6.07, 6.45) is 1.23. The zero-order valence-electron chi connectivity index (χ0n) is 14.7. The summed E-state index contributed by atoms with van der Waals surface area (Å²) in [5.74, 6) is 1.01. The Bertz CT molecular complexity index is 684. The van der Waals surface area contributed by atoms with Crippen LogP contribution in [0.15, 0.2) is 28.8 Å². The number of nitrogens with one attached hydrogen (secondary N) is 1. The van der Waals surface area contributed by atoms with E-state index in [9.17, 15) is 15.2 Å². The summed E-state index contributed by atoms with van der Waals surface area (Å²) in [6.45, 7) is 6.53. The first-order valence-corrected chi connectivity index (χ1v) is 8.42. The monoisotopic (exact) mass is 348 g/mol. The predicted octanol–water partition coefficient (Wildman–Crippen LogP) is 3.09. The number of rotatable bonds is 9. The van der Waals surface area contributed by atoms with E-state index in [2.05, 4.69) is 15.5 Å². The van der Waals surface area contributed by atoms with Gasteiger partial charge in [0.1, 0.15) is 0 Å². The van der Waals surface area contributed by atoms with Crippen LogP contribution in [-0.2, 0) is 0 Å². The van der Waals surface area contributed by atoms with Crippen LogP contribution in [0.5, 0.6) is 0 Å². The molecular weight excluding hydrogens is 324 g/mol. The summed E-state index contributed by atoms with van der Waals surface area (Å²) >= 11 is 0. The Hall–Kier alpha value is -2.32. The van der Waals surface area contributed by atoms with Gasteiger partial charge in [0.15, 0.2) is 0 Å². The van der Waals surface area contributed by atoms with Gasteiger partial charge in [0, 0.05) is 24.2 Å². The lowest BCUT2D eigenvalue weighted by Gasteiger charge is -2.20. The Morgan fingerprint density at radius 2 is 2.00 bits per heavy atom. The molecule has 0 fully saturated rings. The van der Waals surface area contributed by atoms with Gasteiger partial charge in [0.05, 0.1) is 17.1 Å². The number of benzene rings is 1. The molecule has 0 unspecified atom stereocenters. The van der Waals surface area contributed by atoms with Gasteiger partial charge in [-0.15, -0.1) is 0 Å². The molecule has 25 heavy (non-hydrogen) atoms. The van der Waals surface area contributed by atoms with Crippen LogP contribution in [0.1, 0.15) is 45.5 Å². The maximum atomic E-state index is 10.7. The lowest BCUT2D eigenvalue weighted by atomic mass is 10.0. The second-order valence-electron chi connectivity index (χ2n) is 6.33. The summed E-state index contributed by atoms with van der Waals surface area (Å²) in [7, 11) is 0. The summed E-state index contributed by atoms with van der Waals surface area (Å²) in [4.78, 5) is 14.7. The molecule has 136 valence electrons. The van der Waals surface area contributed by atoms with Crippen molar-refractivity contribution in [3.8, 4) is 11.4 Å². The second-order valence-corrected chi connectivity index (χ2v) is 6.33. The van der Waals surface area contributed by atoms with Gasteiger partial charge < -0.3 is 14.9 Å². The van der Waals surface area contributed by atoms with E-state index in [0.717, 1.165) is 12.8 Å². The molecule has 0 bridgehead atoms. The SMILES string of the molecule is CCC[C@@H](O)CN[C@@H](c1nc(-c2ccc([N+](=O)[O-])cc2)no1)C(C)C. The van der Waals surface area contributed by atoms with E-state index in [1.165, 1.54) is 12.1 Å². The molecule has 0 amide bonds. The van der Waals surface area contributed by atoms with Gasteiger partial charge in [0.2, 0.25) is 11.7 Å². The zero-order chi connectivity index (χ0) is 18.4. The summed E-state index contributed by atoms with van der Waals surface area (Å²) in [5, 5.41) is 27.9. The molecule has 8 nitrogen and oxygen atoms in total. The Labute approximate surface area is 146 Å². The molecule has 1 aromatic heterocycles. The van der Waals surface area contributed by atoms with Crippen molar-refractivity contribution in [2.24, 2.45) is 5.92 Å². The lowest BCUT2D eigenvalue weighted by molar-refractivity contribution is -0.384. The fraction of sp³-hybridized carbons (Fsp3) is 0.529. The molecule has 1 aromatic carbocycles. The van der Waals surface area contributed by atoms with E-state index < -0.39 is 11.0 Å². The third-order valence-electron chi connectivity index (χ3n) is 3.91. The highest BCUT2D eigenvalue weighted by molar-refractivity contribution is 5.56. The number of hydrogen-bond acceptors (Lipinski definition) is 7. The molecule has 0 spiro atoms. The standard InChI is InChI=1S/C17H24N4O4/c1-4-5-14(22)10-18-15(11(2)3)17-19-16(20-25-17)12-6-8-13(9-7-12)21(23)24/h6-9,11,14-15,18,22H,4-5,10H2,1-3H3/t14-,15-/m1/s1. The second kappa shape index (κ2) is 8.68. The van der Waals surface area contributed by atoms with E-state index in [1.807, 2.05) is 20.8 Å². The molecule has 2 N–H and O–H groups in total. The third-order valence-corrected chi connectivity index (χ3v) is 3.91. The molecule has 8 heteroatoms. The van der Waals surface area contributed by atoms with E-state index in [4.69, 9.17) is 4.52 Å². The minimum absolute atomic E-state index is 0.0131. The van der Waals surface area contributed by atoms with E-state index in [0.29, 0.717) is 23.8 Å². The van der Waals surface area contributed by atoms with Crippen molar-refractivity contribution in [3.05, 3.63) is 40.3 Å². The number of hydrogen-bond donors (Lipinski definition) is 2. The molecule has 0 aliphatic rings. The molecule has 0 radical (unpaired) electrons. The first kappa shape index (κ1) is 19.0. The highest BCUT2D eigenvalue weighted by Crippen LogP contribution is 2.24. The average molecular weight is 348 g/mol. The first-order valence-electron chi connectivity index (χ1n) is 8.42. The number of nitro benzene ring substituents is 1. The Balaban J connectivity index is 2.12. The summed E-state index contributed by atoms with van der Waals surface area (Å²) in [6, 6.07) is 5.83. The number of nitrogens with zero attached hydrogens (tertiary/aromatic N) is 3. The van der Waals surface area contributed by atoms with Crippen molar-refractivity contribution < 1.29 is 14.6 Å². The Kier molecular flexibility index (Phi) is 6.60. The van der Waals surface area contributed by atoms with Gasteiger partial charge in [-0.25, -0.2) is 0 Å². The van der Waals surface area contributed by atoms with Crippen LogP contribution >= 0.6 is 0 Å². The molecule has 0 saturated heterocycles. The first-order chi connectivity index (χ1) is 11.9. The molecule has 2 aromatic rings. The largest absolute Gasteiger partial charge is 0.392 e. The molecular formula is C17H24N4O4. The van der Waals surface area contributed by atoms with Crippen molar-refractivity contribution in [1.29, 1.82) is 0 Å². The molecule has 1 heterocycles. The van der Waals surface area contributed by atoms with Crippen LogP contribution in [-0.4, -0.2) is 32.8 Å². The summed E-state index contributed by atoms with van der Waals surface area (Å²) < 4.78 is 5.37. The minimum atomic E-state index is -0.453. The lowest BCUT2D eigenvalue weighted by Crippen LogP contribution is -2.33. The van der Waals surface area contributed by atoms with Crippen molar-refractivity contribution in [2.45, 2.75) is 45.8 Å². The van der Waals surface area contributed by atoms with Gasteiger partial charge in [-0.05, 0) is 24.5 Å². The Morgan fingerprint density at radius 1 is 1.32 bits per heavy atom. The van der Waals surface area contributed by atoms with Crippen molar-refractivity contribution in [1.82, 2.24) is 15.5 Å². The number of aromatic nitrogens is 2. The quantitative estimate of drug-likeness (QED) is 0.528. The number of nitro groups is 1. The van der Waals surface area contributed by atoms with Crippen molar-refractivity contribution in [3.63, 3.8) is 0 Å². The number of non-ortho nitro benzene ring substituents is 1. The van der Waals surface area contributed by atoms with Crippen LogP contribution in [0, 0.1) is 16.0 Å². The minimum Gasteiger partial charge on any atom is -0.392 e. The topological polar surface area (TPSA) is 114 Å². The zero-order valence-corrected chi connectivity index (χ0v) is 14.7.